The standard InChI is InChI=1S/C20H22BrNO3/c1-4-7-15-10-11-18(19(12-15)24-3)25-14-20(23)22(2)13-16-8-5-6-9-17(16)21/h4-12H,13-14H2,1-3H3/b7-4+. The van der Waals surface area contributed by atoms with E-state index in [2.05, 4.69) is 15.9 Å². The molecule has 0 saturated heterocycles. The molecular formula is C20H22BrNO3. The minimum absolute atomic E-state index is 0.0414. The van der Waals surface area contributed by atoms with Crippen LogP contribution in [0.15, 0.2) is 53.0 Å². The number of halogens is 1. The first-order valence-electron chi connectivity index (χ1n) is 7.96. The van der Waals surface area contributed by atoms with Crippen LogP contribution in [0, 0.1) is 0 Å². The zero-order valence-electron chi connectivity index (χ0n) is 14.7. The maximum absolute atomic E-state index is 12.3. The molecule has 2 rings (SSSR count). The topological polar surface area (TPSA) is 38.8 Å². The summed E-state index contributed by atoms with van der Waals surface area (Å²) in [5.41, 5.74) is 2.07. The first-order valence-corrected chi connectivity index (χ1v) is 8.75. The molecule has 1 amide bonds. The third-order valence-corrected chi connectivity index (χ3v) is 4.46. The van der Waals surface area contributed by atoms with Crippen molar-refractivity contribution in [1.82, 2.24) is 4.90 Å². The van der Waals surface area contributed by atoms with Crippen LogP contribution in [0.2, 0.25) is 0 Å². The smallest absolute Gasteiger partial charge is 0.260 e. The van der Waals surface area contributed by atoms with Gasteiger partial charge in [0.2, 0.25) is 0 Å². The Hall–Kier alpha value is -2.27. The Morgan fingerprint density at radius 3 is 2.64 bits per heavy atom. The number of nitrogens with zero attached hydrogens (tertiary/aromatic N) is 1. The normalized spacial score (nSPS) is 10.7. The van der Waals surface area contributed by atoms with Crippen LogP contribution < -0.4 is 9.47 Å². The van der Waals surface area contributed by atoms with Gasteiger partial charge in [0.05, 0.1) is 7.11 Å². The van der Waals surface area contributed by atoms with Crippen LogP contribution in [-0.4, -0.2) is 31.6 Å². The fourth-order valence-corrected chi connectivity index (χ4v) is 2.73. The van der Waals surface area contributed by atoms with Crippen molar-refractivity contribution in [2.24, 2.45) is 0 Å². The zero-order chi connectivity index (χ0) is 18.2. The van der Waals surface area contributed by atoms with E-state index in [9.17, 15) is 4.79 Å². The molecule has 0 fully saturated rings. The minimum Gasteiger partial charge on any atom is -0.493 e. The Labute approximate surface area is 157 Å². The summed E-state index contributed by atoms with van der Waals surface area (Å²) >= 11 is 3.50. The molecule has 0 unspecified atom stereocenters. The van der Waals surface area contributed by atoms with Crippen LogP contribution >= 0.6 is 15.9 Å². The fraction of sp³-hybridized carbons (Fsp3) is 0.250. The molecule has 2 aromatic carbocycles. The van der Waals surface area contributed by atoms with Gasteiger partial charge in [-0.3, -0.25) is 4.79 Å². The highest BCUT2D eigenvalue weighted by Gasteiger charge is 2.13. The van der Waals surface area contributed by atoms with Crippen LogP contribution in [0.4, 0.5) is 0 Å². The number of benzene rings is 2. The predicted molar refractivity (Wildman–Crippen MR) is 104 cm³/mol. The van der Waals surface area contributed by atoms with E-state index >= 15 is 0 Å². The van der Waals surface area contributed by atoms with Gasteiger partial charge in [0, 0.05) is 18.1 Å². The molecule has 0 bridgehead atoms. The monoisotopic (exact) mass is 403 g/mol. The Morgan fingerprint density at radius 1 is 1.20 bits per heavy atom. The summed E-state index contributed by atoms with van der Waals surface area (Å²) < 4.78 is 12.0. The van der Waals surface area contributed by atoms with E-state index < -0.39 is 0 Å². The highest BCUT2D eigenvalue weighted by Crippen LogP contribution is 2.28. The quantitative estimate of drug-likeness (QED) is 0.681. The first-order chi connectivity index (χ1) is 12.0. The average molecular weight is 404 g/mol. The molecule has 0 N–H and O–H groups in total. The summed E-state index contributed by atoms with van der Waals surface area (Å²) in [6.07, 6.45) is 3.93. The number of amides is 1. The van der Waals surface area contributed by atoms with Crippen molar-refractivity contribution >= 4 is 27.9 Å². The number of hydrogen-bond donors (Lipinski definition) is 0. The van der Waals surface area contributed by atoms with Gasteiger partial charge in [-0.05, 0) is 36.2 Å². The van der Waals surface area contributed by atoms with Crippen molar-refractivity contribution in [2.75, 3.05) is 20.8 Å². The van der Waals surface area contributed by atoms with Crippen molar-refractivity contribution in [3.05, 3.63) is 64.1 Å². The van der Waals surface area contributed by atoms with Gasteiger partial charge in [-0.2, -0.15) is 0 Å². The van der Waals surface area contributed by atoms with Gasteiger partial charge in [-0.15, -0.1) is 0 Å². The molecule has 0 heterocycles. The second kappa shape index (κ2) is 9.28. The summed E-state index contributed by atoms with van der Waals surface area (Å²) in [5, 5.41) is 0. The number of carbonyl (C=O) groups excluding carboxylic acids is 1. The predicted octanol–water partition coefficient (Wildman–Crippen LogP) is 4.53. The van der Waals surface area contributed by atoms with E-state index in [0.29, 0.717) is 18.0 Å². The molecule has 5 heteroatoms. The molecule has 132 valence electrons. The van der Waals surface area contributed by atoms with Crippen LogP contribution in [0.5, 0.6) is 11.5 Å². The molecule has 25 heavy (non-hydrogen) atoms. The lowest BCUT2D eigenvalue weighted by Gasteiger charge is -2.19. The Kier molecular flexibility index (Phi) is 7.07. The molecule has 0 spiro atoms. The minimum atomic E-state index is -0.102. The zero-order valence-corrected chi connectivity index (χ0v) is 16.2. The molecule has 0 saturated carbocycles. The van der Waals surface area contributed by atoms with Crippen molar-refractivity contribution in [3.63, 3.8) is 0 Å². The van der Waals surface area contributed by atoms with Crippen molar-refractivity contribution < 1.29 is 14.3 Å². The van der Waals surface area contributed by atoms with E-state index in [1.165, 1.54) is 0 Å². The average Bonchev–Trinajstić information content (AvgIpc) is 2.62. The van der Waals surface area contributed by atoms with Gasteiger partial charge < -0.3 is 14.4 Å². The van der Waals surface area contributed by atoms with Gasteiger partial charge in [0.15, 0.2) is 18.1 Å². The molecule has 0 aromatic heterocycles. The highest BCUT2D eigenvalue weighted by molar-refractivity contribution is 9.10. The van der Waals surface area contributed by atoms with Gasteiger partial charge in [-0.25, -0.2) is 0 Å². The lowest BCUT2D eigenvalue weighted by atomic mass is 10.2. The second-order valence-corrected chi connectivity index (χ2v) is 6.39. The molecule has 0 aliphatic heterocycles. The van der Waals surface area contributed by atoms with E-state index in [0.717, 1.165) is 15.6 Å². The van der Waals surface area contributed by atoms with E-state index in [-0.39, 0.29) is 12.5 Å². The van der Waals surface area contributed by atoms with E-state index in [4.69, 9.17) is 9.47 Å². The first kappa shape index (κ1) is 19.1. The lowest BCUT2D eigenvalue weighted by Crippen LogP contribution is -2.31. The lowest BCUT2D eigenvalue weighted by molar-refractivity contribution is -0.132. The van der Waals surface area contributed by atoms with Gasteiger partial charge >= 0.3 is 0 Å². The Balaban J connectivity index is 1.98. The number of carbonyl (C=O) groups is 1. The summed E-state index contributed by atoms with van der Waals surface area (Å²) in [6.45, 7) is 2.43. The third-order valence-electron chi connectivity index (χ3n) is 3.69. The maximum Gasteiger partial charge on any atom is 0.260 e. The number of allylic oxidation sites excluding steroid dienone is 1. The molecule has 0 radical (unpaired) electrons. The molecule has 4 nitrogen and oxygen atoms in total. The van der Waals surface area contributed by atoms with Crippen molar-refractivity contribution in [1.29, 1.82) is 0 Å². The number of hydrogen-bond acceptors (Lipinski definition) is 3. The molecule has 0 aliphatic rings. The van der Waals surface area contributed by atoms with Gasteiger partial charge in [0.25, 0.3) is 5.91 Å². The summed E-state index contributed by atoms with van der Waals surface area (Å²) in [7, 11) is 3.35. The van der Waals surface area contributed by atoms with Crippen LogP contribution in [-0.2, 0) is 11.3 Å². The highest BCUT2D eigenvalue weighted by atomic mass is 79.9. The number of ether oxygens (including phenoxy) is 2. The summed E-state index contributed by atoms with van der Waals surface area (Å²) in [5.74, 6) is 1.06. The van der Waals surface area contributed by atoms with Crippen LogP contribution in [0.3, 0.4) is 0 Å². The van der Waals surface area contributed by atoms with Crippen molar-refractivity contribution in [2.45, 2.75) is 13.5 Å². The largest absolute Gasteiger partial charge is 0.493 e. The summed E-state index contributed by atoms with van der Waals surface area (Å²) in [4.78, 5) is 14.0. The molecular weight excluding hydrogens is 382 g/mol. The Morgan fingerprint density at radius 2 is 1.96 bits per heavy atom. The van der Waals surface area contributed by atoms with Crippen molar-refractivity contribution in [3.8, 4) is 11.5 Å². The number of rotatable bonds is 7. The van der Waals surface area contributed by atoms with Crippen LogP contribution in [0.1, 0.15) is 18.1 Å². The summed E-state index contributed by atoms with van der Waals surface area (Å²) in [6, 6.07) is 13.5. The number of methoxy groups -OCH3 is 1. The number of likely N-dealkylation sites (N-methyl/N-ethyl adjacent to an activating group) is 1. The Bertz CT molecular complexity index is 758. The molecule has 0 atom stereocenters. The SMILES string of the molecule is C/C=C/c1ccc(OCC(=O)N(C)Cc2ccccc2Br)c(OC)c1. The van der Waals surface area contributed by atoms with Gasteiger partial charge in [0.1, 0.15) is 0 Å². The fourth-order valence-electron chi connectivity index (χ4n) is 2.32. The van der Waals surface area contributed by atoms with E-state index in [1.54, 1.807) is 19.1 Å². The second-order valence-electron chi connectivity index (χ2n) is 5.54. The molecule has 0 aliphatic carbocycles. The molecule has 2 aromatic rings. The third kappa shape index (κ3) is 5.36. The van der Waals surface area contributed by atoms with E-state index in [1.807, 2.05) is 61.5 Å². The van der Waals surface area contributed by atoms with Gasteiger partial charge in [-0.1, -0.05) is 52.3 Å². The maximum atomic E-state index is 12.3. The van der Waals surface area contributed by atoms with Crippen LogP contribution in [0.25, 0.3) is 6.08 Å².